The fraction of sp³-hybridized carbons (Fsp3) is 0.412. The Morgan fingerprint density at radius 1 is 1.20 bits per heavy atom. The van der Waals surface area contributed by atoms with E-state index in [0.29, 0.717) is 23.6 Å². The molecule has 8 heteroatoms. The molecular formula is C17H24N4O3S. The van der Waals surface area contributed by atoms with Crippen LogP contribution in [0.25, 0.3) is 0 Å². The lowest BCUT2D eigenvalue weighted by Gasteiger charge is -2.15. The minimum absolute atomic E-state index is 0.0497. The van der Waals surface area contributed by atoms with Crippen LogP contribution in [0.2, 0.25) is 0 Å². The molecule has 0 radical (unpaired) electrons. The summed E-state index contributed by atoms with van der Waals surface area (Å²) >= 11 is 0. The van der Waals surface area contributed by atoms with Crippen LogP contribution >= 0.6 is 0 Å². The molecule has 1 aromatic heterocycles. The zero-order valence-electron chi connectivity index (χ0n) is 15.2. The summed E-state index contributed by atoms with van der Waals surface area (Å²) < 4.78 is 27.9. The molecule has 1 heterocycles. The van der Waals surface area contributed by atoms with Crippen LogP contribution in [0.15, 0.2) is 29.2 Å². The van der Waals surface area contributed by atoms with Gasteiger partial charge in [0.25, 0.3) is 0 Å². The van der Waals surface area contributed by atoms with Crippen molar-refractivity contribution in [2.24, 2.45) is 0 Å². The average Bonchev–Trinajstić information content (AvgIpc) is 2.83. The summed E-state index contributed by atoms with van der Waals surface area (Å²) in [4.78, 5) is 12.4. The normalized spacial score (nSPS) is 11.8. The van der Waals surface area contributed by atoms with Crippen molar-refractivity contribution in [1.29, 1.82) is 0 Å². The van der Waals surface area contributed by atoms with Gasteiger partial charge in [-0.2, -0.15) is 5.10 Å². The molecule has 136 valence electrons. The van der Waals surface area contributed by atoms with E-state index in [2.05, 4.69) is 10.4 Å². The molecule has 1 aromatic carbocycles. The maximum absolute atomic E-state index is 12.6. The molecular weight excluding hydrogens is 340 g/mol. The van der Waals surface area contributed by atoms with Gasteiger partial charge in [0, 0.05) is 19.3 Å². The van der Waals surface area contributed by atoms with Crippen molar-refractivity contribution >= 4 is 21.6 Å². The van der Waals surface area contributed by atoms with Crippen LogP contribution in [0.1, 0.15) is 23.9 Å². The number of carbonyl (C=O) groups is 1. The van der Waals surface area contributed by atoms with E-state index in [1.54, 1.807) is 20.8 Å². The van der Waals surface area contributed by atoms with Gasteiger partial charge in [-0.25, -0.2) is 12.7 Å². The van der Waals surface area contributed by atoms with Crippen molar-refractivity contribution in [3.63, 3.8) is 0 Å². The van der Waals surface area contributed by atoms with Crippen LogP contribution in [-0.4, -0.2) is 42.0 Å². The van der Waals surface area contributed by atoms with Gasteiger partial charge in [-0.15, -0.1) is 0 Å². The number of hydrogen-bond acceptors (Lipinski definition) is 4. The second-order valence-electron chi connectivity index (χ2n) is 5.99. The van der Waals surface area contributed by atoms with Crippen molar-refractivity contribution in [2.45, 2.75) is 39.1 Å². The number of nitrogens with zero attached hydrogens (tertiary/aromatic N) is 3. The van der Waals surface area contributed by atoms with Crippen LogP contribution < -0.4 is 5.32 Å². The number of anilines is 1. The molecule has 0 spiro atoms. The maximum atomic E-state index is 12.6. The van der Waals surface area contributed by atoms with E-state index in [-0.39, 0.29) is 17.3 Å². The topological polar surface area (TPSA) is 84.3 Å². The minimum Gasteiger partial charge on any atom is -0.324 e. The molecule has 0 unspecified atom stereocenters. The standard InChI is InChI=1S/C17H24N4O3S/c1-6-20(5)25(23,24)17-13(3)19-21(14(17)4)11-16(22)18-15-9-7-12(2)8-10-15/h7-10H,6,11H2,1-5H3,(H,18,22). The molecule has 0 aliphatic heterocycles. The number of aromatic nitrogens is 2. The fourth-order valence-corrected chi connectivity index (χ4v) is 4.05. The Balaban J connectivity index is 2.22. The van der Waals surface area contributed by atoms with Gasteiger partial charge in [0.1, 0.15) is 11.4 Å². The Hall–Kier alpha value is -2.19. The molecule has 0 aliphatic carbocycles. The van der Waals surface area contributed by atoms with Gasteiger partial charge in [0.05, 0.1) is 11.4 Å². The van der Waals surface area contributed by atoms with Crippen LogP contribution in [0.4, 0.5) is 5.69 Å². The lowest BCUT2D eigenvalue weighted by Crippen LogP contribution is -2.27. The van der Waals surface area contributed by atoms with Gasteiger partial charge in [-0.05, 0) is 32.9 Å². The molecule has 7 nitrogen and oxygen atoms in total. The number of benzene rings is 1. The number of carbonyl (C=O) groups excluding carboxylic acids is 1. The van der Waals surface area contributed by atoms with Gasteiger partial charge in [-0.1, -0.05) is 24.6 Å². The second kappa shape index (κ2) is 7.37. The average molecular weight is 364 g/mol. The molecule has 25 heavy (non-hydrogen) atoms. The summed E-state index contributed by atoms with van der Waals surface area (Å²) in [6, 6.07) is 7.45. The lowest BCUT2D eigenvalue weighted by atomic mass is 10.2. The number of nitrogens with one attached hydrogen (secondary N) is 1. The van der Waals surface area contributed by atoms with Gasteiger partial charge in [0.2, 0.25) is 15.9 Å². The monoisotopic (exact) mass is 364 g/mol. The largest absolute Gasteiger partial charge is 0.324 e. The van der Waals surface area contributed by atoms with Gasteiger partial charge in [0.15, 0.2) is 0 Å². The van der Waals surface area contributed by atoms with E-state index in [1.165, 1.54) is 16.0 Å². The van der Waals surface area contributed by atoms with Crippen LogP contribution in [-0.2, 0) is 21.4 Å². The third kappa shape index (κ3) is 4.08. The highest BCUT2D eigenvalue weighted by atomic mass is 32.2. The number of aryl methyl sites for hydroxylation is 2. The Kier molecular flexibility index (Phi) is 5.64. The molecule has 0 aliphatic rings. The van der Waals surface area contributed by atoms with Gasteiger partial charge >= 0.3 is 0 Å². The smallest absolute Gasteiger partial charge is 0.246 e. The molecule has 1 amide bonds. The molecule has 0 saturated carbocycles. The SMILES string of the molecule is CCN(C)S(=O)(=O)c1c(C)nn(CC(=O)Nc2ccc(C)cc2)c1C. The first kappa shape index (κ1) is 19.1. The van der Waals surface area contributed by atoms with Crippen molar-refractivity contribution in [3.8, 4) is 0 Å². The highest BCUT2D eigenvalue weighted by Gasteiger charge is 2.28. The Bertz CT molecular complexity index is 870. The van der Waals surface area contributed by atoms with Crippen molar-refractivity contribution < 1.29 is 13.2 Å². The predicted molar refractivity (Wildman–Crippen MR) is 97.0 cm³/mol. The number of hydrogen-bond donors (Lipinski definition) is 1. The van der Waals surface area contributed by atoms with E-state index in [4.69, 9.17) is 0 Å². The molecule has 0 atom stereocenters. The Morgan fingerprint density at radius 3 is 2.36 bits per heavy atom. The maximum Gasteiger partial charge on any atom is 0.246 e. The zero-order valence-corrected chi connectivity index (χ0v) is 16.0. The fourth-order valence-electron chi connectivity index (χ4n) is 2.51. The first-order chi connectivity index (χ1) is 11.7. The van der Waals surface area contributed by atoms with Crippen LogP contribution in [0, 0.1) is 20.8 Å². The van der Waals surface area contributed by atoms with E-state index in [1.807, 2.05) is 31.2 Å². The third-order valence-electron chi connectivity index (χ3n) is 4.06. The quantitative estimate of drug-likeness (QED) is 0.851. The van der Waals surface area contributed by atoms with Gasteiger partial charge < -0.3 is 5.32 Å². The summed E-state index contributed by atoms with van der Waals surface area (Å²) in [5, 5.41) is 7.03. The van der Waals surface area contributed by atoms with E-state index >= 15 is 0 Å². The molecule has 1 N–H and O–H groups in total. The second-order valence-corrected chi connectivity index (χ2v) is 7.97. The van der Waals surface area contributed by atoms with Crippen LogP contribution in [0.5, 0.6) is 0 Å². The molecule has 0 fully saturated rings. The molecule has 2 rings (SSSR count). The summed E-state index contributed by atoms with van der Waals surface area (Å²) in [6.07, 6.45) is 0. The van der Waals surface area contributed by atoms with Crippen molar-refractivity contribution in [3.05, 3.63) is 41.2 Å². The molecule has 2 aromatic rings. The first-order valence-electron chi connectivity index (χ1n) is 8.03. The Morgan fingerprint density at radius 2 is 1.80 bits per heavy atom. The third-order valence-corrected chi connectivity index (χ3v) is 6.24. The number of amides is 1. The highest BCUT2D eigenvalue weighted by molar-refractivity contribution is 7.89. The van der Waals surface area contributed by atoms with Crippen molar-refractivity contribution in [1.82, 2.24) is 14.1 Å². The van der Waals surface area contributed by atoms with E-state index < -0.39 is 10.0 Å². The molecule has 0 saturated heterocycles. The summed E-state index contributed by atoms with van der Waals surface area (Å²) in [5.41, 5.74) is 2.64. The Labute approximate surface area is 148 Å². The summed E-state index contributed by atoms with van der Waals surface area (Å²) in [6.45, 7) is 7.35. The van der Waals surface area contributed by atoms with E-state index in [9.17, 15) is 13.2 Å². The minimum atomic E-state index is -3.61. The van der Waals surface area contributed by atoms with E-state index in [0.717, 1.165) is 5.56 Å². The predicted octanol–water partition coefficient (Wildman–Crippen LogP) is 2.09. The van der Waals surface area contributed by atoms with Gasteiger partial charge in [-0.3, -0.25) is 9.48 Å². The summed E-state index contributed by atoms with van der Waals surface area (Å²) in [7, 11) is -2.09. The lowest BCUT2D eigenvalue weighted by molar-refractivity contribution is -0.116. The summed E-state index contributed by atoms with van der Waals surface area (Å²) in [5.74, 6) is -0.262. The number of rotatable bonds is 6. The zero-order chi connectivity index (χ0) is 18.8. The highest BCUT2D eigenvalue weighted by Crippen LogP contribution is 2.22. The molecule has 0 bridgehead atoms. The van der Waals surface area contributed by atoms with Crippen LogP contribution in [0.3, 0.4) is 0 Å². The number of sulfonamides is 1. The van der Waals surface area contributed by atoms with Crippen molar-refractivity contribution in [2.75, 3.05) is 18.9 Å². The first-order valence-corrected chi connectivity index (χ1v) is 9.47.